The van der Waals surface area contributed by atoms with E-state index in [0.717, 1.165) is 18.7 Å². The Morgan fingerprint density at radius 1 is 1.21 bits per heavy atom. The minimum Gasteiger partial charge on any atom is -0.333 e. The van der Waals surface area contributed by atoms with Gasteiger partial charge in [0.1, 0.15) is 0 Å². The Morgan fingerprint density at radius 3 is 2.68 bits per heavy atom. The number of aromatic nitrogens is 4. The lowest BCUT2D eigenvalue weighted by atomic mass is 10.4. The van der Waals surface area contributed by atoms with Crippen LogP contribution in [-0.4, -0.2) is 18.7 Å². The number of nitrogens with zero attached hydrogens (tertiary/aromatic N) is 4. The van der Waals surface area contributed by atoms with Crippen molar-refractivity contribution < 1.29 is 0 Å². The molecule has 2 aromatic rings. The SMILES string of the molecule is CCCn1cncc1Cn1c(=O)ccn(CC)c1=O. The summed E-state index contributed by atoms with van der Waals surface area (Å²) in [7, 11) is 0. The van der Waals surface area contributed by atoms with Crippen LogP contribution in [0.4, 0.5) is 0 Å². The van der Waals surface area contributed by atoms with E-state index in [-0.39, 0.29) is 17.8 Å². The summed E-state index contributed by atoms with van der Waals surface area (Å²) in [5, 5.41) is 0. The van der Waals surface area contributed by atoms with Crippen molar-refractivity contribution in [2.24, 2.45) is 0 Å². The van der Waals surface area contributed by atoms with Crippen LogP contribution in [0.1, 0.15) is 26.0 Å². The van der Waals surface area contributed by atoms with E-state index in [1.54, 1.807) is 12.5 Å². The van der Waals surface area contributed by atoms with Crippen LogP contribution >= 0.6 is 0 Å². The van der Waals surface area contributed by atoms with Crippen molar-refractivity contribution in [2.75, 3.05) is 0 Å². The summed E-state index contributed by atoms with van der Waals surface area (Å²) in [6.45, 7) is 5.59. The molecule has 2 aromatic heterocycles. The predicted octanol–water partition coefficient (Wildman–Crippen LogP) is 0.685. The fourth-order valence-electron chi connectivity index (χ4n) is 2.03. The standard InChI is InChI=1S/C13H18N4O2/c1-3-6-16-10-14-8-11(16)9-17-12(18)5-7-15(4-2)13(17)19/h5,7-8,10H,3-4,6,9H2,1-2H3. The van der Waals surface area contributed by atoms with Crippen LogP contribution in [0.5, 0.6) is 0 Å². The van der Waals surface area contributed by atoms with E-state index in [9.17, 15) is 9.59 Å². The molecule has 2 rings (SSSR count). The quantitative estimate of drug-likeness (QED) is 0.796. The number of imidazole rings is 1. The molecule has 0 unspecified atom stereocenters. The van der Waals surface area contributed by atoms with Crippen molar-refractivity contribution in [1.82, 2.24) is 18.7 Å². The van der Waals surface area contributed by atoms with Crippen molar-refractivity contribution in [3.63, 3.8) is 0 Å². The van der Waals surface area contributed by atoms with Crippen LogP contribution in [0, 0.1) is 0 Å². The molecule has 0 aliphatic rings. The molecule has 0 bridgehead atoms. The third kappa shape index (κ3) is 2.67. The number of aryl methyl sites for hydroxylation is 2. The topological polar surface area (TPSA) is 61.8 Å². The fourth-order valence-corrected chi connectivity index (χ4v) is 2.03. The minimum absolute atomic E-state index is 0.262. The normalized spacial score (nSPS) is 10.8. The first-order valence-electron chi connectivity index (χ1n) is 6.46. The largest absolute Gasteiger partial charge is 0.333 e. The average Bonchev–Trinajstić information content (AvgIpc) is 2.82. The molecule has 0 N–H and O–H groups in total. The highest BCUT2D eigenvalue weighted by Gasteiger charge is 2.08. The molecule has 6 heteroatoms. The van der Waals surface area contributed by atoms with Crippen molar-refractivity contribution >= 4 is 0 Å². The van der Waals surface area contributed by atoms with Crippen LogP contribution < -0.4 is 11.2 Å². The highest BCUT2D eigenvalue weighted by Crippen LogP contribution is 2.01. The maximum atomic E-state index is 12.1. The summed E-state index contributed by atoms with van der Waals surface area (Å²) >= 11 is 0. The summed E-state index contributed by atoms with van der Waals surface area (Å²) in [6, 6.07) is 1.42. The van der Waals surface area contributed by atoms with E-state index in [2.05, 4.69) is 11.9 Å². The third-order valence-corrected chi connectivity index (χ3v) is 3.06. The van der Waals surface area contributed by atoms with Crippen molar-refractivity contribution in [3.8, 4) is 0 Å². The average molecular weight is 262 g/mol. The third-order valence-electron chi connectivity index (χ3n) is 3.06. The van der Waals surface area contributed by atoms with Crippen molar-refractivity contribution in [3.05, 3.63) is 51.3 Å². The fraction of sp³-hybridized carbons (Fsp3) is 0.462. The Morgan fingerprint density at radius 2 is 2.00 bits per heavy atom. The molecule has 0 amide bonds. The molecule has 0 aliphatic carbocycles. The van der Waals surface area contributed by atoms with Gasteiger partial charge in [-0.15, -0.1) is 0 Å². The van der Waals surface area contributed by atoms with Crippen molar-refractivity contribution in [1.29, 1.82) is 0 Å². The Kier molecular flexibility index (Phi) is 3.99. The van der Waals surface area contributed by atoms with Gasteiger partial charge >= 0.3 is 5.69 Å². The first-order chi connectivity index (χ1) is 9.17. The van der Waals surface area contributed by atoms with Gasteiger partial charge in [-0.25, -0.2) is 9.78 Å². The second-order valence-electron chi connectivity index (χ2n) is 4.39. The van der Waals surface area contributed by atoms with E-state index < -0.39 is 0 Å². The predicted molar refractivity (Wildman–Crippen MR) is 72.3 cm³/mol. The van der Waals surface area contributed by atoms with Gasteiger partial charge in [-0.1, -0.05) is 6.92 Å². The molecule has 0 saturated heterocycles. The van der Waals surface area contributed by atoms with Crippen LogP contribution in [0.2, 0.25) is 0 Å². The van der Waals surface area contributed by atoms with Gasteiger partial charge < -0.3 is 9.13 Å². The molecule has 0 aliphatic heterocycles. The van der Waals surface area contributed by atoms with Gasteiger partial charge in [0.2, 0.25) is 0 Å². The van der Waals surface area contributed by atoms with Gasteiger partial charge in [0, 0.05) is 31.5 Å². The van der Waals surface area contributed by atoms with Gasteiger partial charge in [0.15, 0.2) is 0 Å². The summed E-state index contributed by atoms with van der Waals surface area (Å²) in [5.74, 6) is 0. The van der Waals surface area contributed by atoms with Crippen LogP contribution in [0.15, 0.2) is 34.4 Å². The summed E-state index contributed by atoms with van der Waals surface area (Å²) < 4.78 is 4.73. The van der Waals surface area contributed by atoms with Gasteiger partial charge in [0.25, 0.3) is 5.56 Å². The Labute approximate surface area is 110 Å². The lowest BCUT2D eigenvalue weighted by Crippen LogP contribution is -2.39. The molecule has 6 nitrogen and oxygen atoms in total. The Hall–Kier alpha value is -2.11. The molecule has 0 atom stereocenters. The molecule has 0 saturated carbocycles. The molecule has 2 heterocycles. The first-order valence-corrected chi connectivity index (χ1v) is 6.46. The second-order valence-corrected chi connectivity index (χ2v) is 4.39. The summed E-state index contributed by atoms with van der Waals surface area (Å²) in [5.41, 5.74) is 0.313. The minimum atomic E-state index is -0.279. The van der Waals surface area contributed by atoms with Crippen molar-refractivity contribution in [2.45, 2.75) is 39.9 Å². The molecule has 0 spiro atoms. The highest BCUT2D eigenvalue weighted by molar-refractivity contribution is 5.00. The highest BCUT2D eigenvalue weighted by atomic mass is 16.2. The molecule has 0 fully saturated rings. The first kappa shape index (κ1) is 13.3. The van der Waals surface area contributed by atoms with Crippen LogP contribution in [0.25, 0.3) is 0 Å². The number of hydrogen-bond acceptors (Lipinski definition) is 3. The lowest BCUT2D eigenvalue weighted by Gasteiger charge is -2.10. The second kappa shape index (κ2) is 5.69. The van der Waals surface area contributed by atoms with Gasteiger partial charge in [-0.2, -0.15) is 0 Å². The van der Waals surface area contributed by atoms with E-state index in [1.807, 2.05) is 11.5 Å². The van der Waals surface area contributed by atoms with Gasteiger partial charge in [0.05, 0.1) is 18.6 Å². The Bertz CT molecular complexity index is 666. The number of rotatable bonds is 5. The van der Waals surface area contributed by atoms with Gasteiger partial charge in [-0.3, -0.25) is 9.36 Å². The number of hydrogen-bond donors (Lipinski definition) is 0. The molecular weight excluding hydrogens is 244 g/mol. The molecule has 0 radical (unpaired) electrons. The maximum Gasteiger partial charge on any atom is 0.331 e. The molecular formula is C13H18N4O2. The van der Waals surface area contributed by atoms with Gasteiger partial charge in [-0.05, 0) is 13.3 Å². The zero-order chi connectivity index (χ0) is 13.8. The van der Waals surface area contributed by atoms with E-state index in [4.69, 9.17) is 0 Å². The maximum absolute atomic E-state index is 12.1. The molecule has 0 aromatic carbocycles. The molecule has 19 heavy (non-hydrogen) atoms. The van der Waals surface area contributed by atoms with E-state index in [0.29, 0.717) is 6.54 Å². The van der Waals surface area contributed by atoms with E-state index >= 15 is 0 Å². The Balaban J connectivity index is 2.41. The summed E-state index contributed by atoms with van der Waals surface area (Å²) in [4.78, 5) is 28.0. The summed E-state index contributed by atoms with van der Waals surface area (Å²) in [6.07, 6.45) is 5.94. The zero-order valence-corrected chi connectivity index (χ0v) is 11.2. The monoisotopic (exact) mass is 262 g/mol. The van der Waals surface area contributed by atoms with Crippen LogP contribution in [0.3, 0.4) is 0 Å². The van der Waals surface area contributed by atoms with E-state index in [1.165, 1.54) is 21.4 Å². The van der Waals surface area contributed by atoms with Crippen LogP contribution in [-0.2, 0) is 19.6 Å². The lowest BCUT2D eigenvalue weighted by molar-refractivity contribution is 0.567. The smallest absolute Gasteiger partial charge is 0.331 e. The zero-order valence-electron chi connectivity index (χ0n) is 11.2. The molecule has 102 valence electrons.